The van der Waals surface area contributed by atoms with Crippen LogP contribution >= 0.6 is 0 Å². The lowest BCUT2D eigenvalue weighted by Crippen LogP contribution is -2.19. The van der Waals surface area contributed by atoms with E-state index in [-0.39, 0.29) is 0 Å². The molecule has 0 radical (unpaired) electrons. The van der Waals surface area contributed by atoms with Gasteiger partial charge in [0.05, 0.1) is 0 Å². The first-order chi connectivity index (χ1) is 16.0. The van der Waals surface area contributed by atoms with E-state index in [1.54, 1.807) is 0 Å². The Balaban J connectivity index is 1.26. The molecular formula is C28H29N3O2. The molecule has 1 amide bonds. The van der Waals surface area contributed by atoms with Gasteiger partial charge >= 0.3 is 6.09 Å². The molecule has 0 unspecified atom stereocenters. The largest absolute Gasteiger partial charge is 0.417 e. The van der Waals surface area contributed by atoms with E-state index in [9.17, 15) is 4.79 Å². The zero-order valence-corrected chi connectivity index (χ0v) is 19.3. The molecule has 5 heteroatoms. The van der Waals surface area contributed by atoms with E-state index < -0.39 is 6.09 Å². The Labute approximate surface area is 194 Å². The van der Waals surface area contributed by atoms with E-state index in [1.165, 1.54) is 33.3 Å². The molecule has 1 aliphatic heterocycles. The van der Waals surface area contributed by atoms with Gasteiger partial charge < -0.3 is 14.2 Å². The van der Waals surface area contributed by atoms with Crippen molar-refractivity contribution in [2.24, 2.45) is 7.05 Å². The molecule has 0 atom stereocenters. The van der Waals surface area contributed by atoms with Gasteiger partial charge in [-0.2, -0.15) is 0 Å². The summed E-state index contributed by atoms with van der Waals surface area (Å²) < 4.78 is 7.75. The Morgan fingerprint density at radius 1 is 1.06 bits per heavy atom. The third-order valence-electron chi connectivity index (χ3n) is 6.42. The van der Waals surface area contributed by atoms with Crippen LogP contribution in [-0.4, -0.2) is 17.2 Å². The van der Waals surface area contributed by atoms with Crippen molar-refractivity contribution in [2.75, 3.05) is 16.8 Å². The fourth-order valence-corrected chi connectivity index (χ4v) is 4.63. The Kier molecular flexibility index (Phi) is 5.55. The van der Waals surface area contributed by atoms with Gasteiger partial charge in [0.1, 0.15) is 5.75 Å². The molecule has 5 nitrogen and oxygen atoms in total. The number of carbonyl (C=O) groups is 1. The van der Waals surface area contributed by atoms with Gasteiger partial charge in [-0.1, -0.05) is 44.2 Å². The summed E-state index contributed by atoms with van der Waals surface area (Å²) in [4.78, 5) is 14.8. The lowest BCUT2D eigenvalue weighted by atomic mass is 10.0. The number of benzene rings is 3. The van der Waals surface area contributed by atoms with Crippen LogP contribution in [0.2, 0.25) is 0 Å². The van der Waals surface area contributed by atoms with Gasteiger partial charge in [0, 0.05) is 48.6 Å². The number of para-hydroxylation sites is 1. The lowest BCUT2D eigenvalue weighted by molar-refractivity contribution is 0.215. The van der Waals surface area contributed by atoms with Gasteiger partial charge in [-0.25, -0.2) is 4.79 Å². The average molecular weight is 440 g/mol. The number of fused-ring (bicyclic) bond motifs is 2. The van der Waals surface area contributed by atoms with E-state index in [2.05, 4.69) is 72.2 Å². The third-order valence-corrected chi connectivity index (χ3v) is 6.42. The van der Waals surface area contributed by atoms with E-state index in [0.717, 1.165) is 25.2 Å². The normalized spacial score (nSPS) is 12.9. The summed E-state index contributed by atoms with van der Waals surface area (Å²) in [5, 5.41) is 4.11. The van der Waals surface area contributed by atoms with Crippen molar-refractivity contribution >= 4 is 28.4 Å². The zero-order chi connectivity index (χ0) is 22.9. The summed E-state index contributed by atoms with van der Waals surface area (Å²) in [6, 6.07) is 22.3. The van der Waals surface area contributed by atoms with Crippen molar-refractivity contribution in [2.45, 2.75) is 32.7 Å². The number of nitrogens with zero attached hydrogens (tertiary/aromatic N) is 2. The van der Waals surface area contributed by atoms with Gasteiger partial charge in [-0.05, 0) is 65.4 Å². The van der Waals surface area contributed by atoms with Crippen LogP contribution in [0.1, 0.15) is 36.5 Å². The summed E-state index contributed by atoms with van der Waals surface area (Å²) in [6.07, 6.45) is 2.69. The standard InChI is InChI=1S/C28H29N3O2/c1-19(2)20-8-10-23(11-9-20)29-28(32)33-24-12-13-26-21(16-24)14-15-31(26)18-22-17-30(3)27-7-5-4-6-25(22)27/h4-13,16-17,19H,14-15,18H2,1-3H3,(H,29,32). The molecule has 2 heterocycles. The lowest BCUT2D eigenvalue weighted by Gasteiger charge is -2.19. The van der Waals surface area contributed by atoms with E-state index in [0.29, 0.717) is 11.7 Å². The summed E-state index contributed by atoms with van der Waals surface area (Å²) in [5.74, 6) is 1.02. The minimum atomic E-state index is -0.474. The first-order valence-corrected chi connectivity index (χ1v) is 11.5. The van der Waals surface area contributed by atoms with Crippen LogP contribution in [0.4, 0.5) is 16.2 Å². The molecule has 0 aliphatic carbocycles. The topological polar surface area (TPSA) is 46.5 Å². The molecule has 33 heavy (non-hydrogen) atoms. The Bertz CT molecular complexity index is 1300. The van der Waals surface area contributed by atoms with Gasteiger partial charge in [0.25, 0.3) is 0 Å². The second-order valence-corrected chi connectivity index (χ2v) is 9.04. The smallest absolute Gasteiger partial charge is 0.410 e. The highest BCUT2D eigenvalue weighted by molar-refractivity contribution is 5.86. The maximum atomic E-state index is 12.4. The predicted molar refractivity (Wildman–Crippen MR) is 134 cm³/mol. The summed E-state index contributed by atoms with van der Waals surface area (Å²) in [7, 11) is 2.09. The summed E-state index contributed by atoms with van der Waals surface area (Å²) >= 11 is 0. The van der Waals surface area contributed by atoms with Crippen LogP contribution in [0.15, 0.2) is 72.9 Å². The highest BCUT2D eigenvalue weighted by atomic mass is 16.6. The van der Waals surface area contributed by atoms with Crippen LogP contribution in [-0.2, 0) is 20.0 Å². The molecule has 1 aliphatic rings. The van der Waals surface area contributed by atoms with E-state index >= 15 is 0 Å². The number of aromatic nitrogens is 1. The molecule has 1 aromatic heterocycles. The monoisotopic (exact) mass is 439 g/mol. The fraction of sp³-hybridized carbons (Fsp3) is 0.250. The third kappa shape index (κ3) is 4.31. The van der Waals surface area contributed by atoms with Crippen LogP contribution in [0.25, 0.3) is 10.9 Å². The number of hydrogen-bond acceptors (Lipinski definition) is 3. The SMILES string of the molecule is CC(C)c1ccc(NC(=O)Oc2ccc3c(c2)CCN3Cc2cn(C)c3ccccc23)cc1. The number of amides is 1. The molecule has 1 N–H and O–H groups in total. The van der Waals surface area contributed by atoms with E-state index in [1.807, 2.05) is 36.4 Å². The van der Waals surface area contributed by atoms with Crippen LogP contribution in [0.3, 0.4) is 0 Å². The molecular weight excluding hydrogens is 410 g/mol. The number of anilines is 2. The van der Waals surface area contributed by atoms with Crippen molar-refractivity contribution in [1.82, 2.24) is 4.57 Å². The second kappa shape index (κ2) is 8.66. The first kappa shape index (κ1) is 21.1. The molecule has 4 aromatic rings. The van der Waals surface area contributed by atoms with Crippen molar-refractivity contribution in [3.05, 3.63) is 89.6 Å². The zero-order valence-electron chi connectivity index (χ0n) is 19.3. The van der Waals surface area contributed by atoms with Crippen LogP contribution in [0.5, 0.6) is 5.75 Å². The minimum Gasteiger partial charge on any atom is -0.410 e. The summed E-state index contributed by atoms with van der Waals surface area (Å²) in [6.45, 7) is 6.11. The molecule has 0 bridgehead atoms. The maximum Gasteiger partial charge on any atom is 0.417 e. The van der Waals surface area contributed by atoms with Crippen molar-refractivity contribution in [3.8, 4) is 5.75 Å². The summed E-state index contributed by atoms with van der Waals surface area (Å²) in [5.41, 5.74) is 6.96. The van der Waals surface area contributed by atoms with Crippen LogP contribution < -0.4 is 15.0 Å². The average Bonchev–Trinajstić information content (AvgIpc) is 3.35. The van der Waals surface area contributed by atoms with Gasteiger partial charge in [-0.15, -0.1) is 0 Å². The number of aryl methyl sites for hydroxylation is 1. The molecule has 0 saturated carbocycles. The Morgan fingerprint density at radius 2 is 1.85 bits per heavy atom. The number of rotatable bonds is 5. The highest BCUT2D eigenvalue weighted by Gasteiger charge is 2.21. The van der Waals surface area contributed by atoms with Crippen molar-refractivity contribution in [3.63, 3.8) is 0 Å². The van der Waals surface area contributed by atoms with Gasteiger partial charge in [0.15, 0.2) is 0 Å². The quantitative estimate of drug-likeness (QED) is 0.387. The van der Waals surface area contributed by atoms with Crippen molar-refractivity contribution < 1.29 is 9.53 Å². The molecule has 0 saturated heterocycles. The van der Waals surface area contributed by atoms with Crippen molar-refractivity contribution in [1.29, 1.82) is 0 Å². The molecule has 168 valence electrons. The molecule has 0 spiro atoms. The molecule has 5 rings (SSSR count). The number of ether oxygens (including phenoxy) is 1. The minimum absolute atomic E-state index is 0.456. The Hall–Kier alpha value is -3.73. The second-order valence-electron chi connectivity index (χ2n) is 9.04. The number of nitrogens with one attached hydrogen (secondary N) is 1. The number of carbonyl (C=O) groups excluding carboxylic acids is 1. The Morgan fingerprint density at radius 3 is 2.64 bits per heavy atom. The predicted octanol–water partition coefficient (Wildman–Crippen LogP) is 6.48. The van der Waals surface area contributed by atoms with Crippen LogP contribution in [0, 0.1) is 0 Å². The van der Waals surface area contributed by atoms with Gasteiger partial charge in [-0.3, -0.25) is 5.32 Å². The highest BCUT2D eigenvalue weighted by Crippen LogP contribution is 2.34. The number of hydrogen-bond donors (Lipinski definition) is 1. The van der Waals surface area contributed by atoms with Gasteiger partial charge in [0.2, 0.25) is 0 Å². The molecule has 0 fully saturated rings. The first-order valence-electron chi connectivity index (χ1n) is 11.5. The maximum absolute atomic E-state index is 12.4. The molecule has 3 aromatic carbocycles. The fourth-order valence-electron chi connectivity index (χ4n) is 4.63. The van der Waals surface area contributed by atoms with E-state index in [4.69, 9.17) is 4.74 Å².